The number of esters is 1. The van der Waals surface area contributed by atoms with Gasteiger partial charge in [-0.1, -0.05) is 245 Å². The Kier molecular flexibility index (Phi) is 42.4. The van der Waals surface area contributed by atoms with Gasteiger partial charge in [0.1, 0.15) is 30.5 Å². The Bertz CT molecular complexity index is 1140. The standard InChI is InChI=1S/C52H102O12S/c1-3-5-7-9-11-13-15-17-19-21-23-24-25-27-29-31-33-35-37-39-41-48(54)62-46(45-61-52-50(56)51(64-65(57,58)59)49(55)47(43-53)63-52)44-60-42-40-38-36-34-32-30-28-26-22-20-18-16-14-12-10-8-6-4-2/h46-47,49-53,55-56H,3-45H2,1-2H3,(H,57,58,59). The van der Waals surface area contributed by atoms with Crippen LogP contribution in [-0.2, 0) is 38.3 Å². The number of unbranched alkanes of at least 4 members (excludes halogenated alkanes) is 36. The molecule has 1 saturated heterocycles. The molecule has 12 nitrogen and oxygen atoms in total. The van der Waals surface area contributed by atoms with E-state index in [-0.39, 0.29) is 25.6 Å². The molecule has 388 valence electrons. The molecule has 13 heteroatoms. The highest BCUT2D eigenvalue weighted by atomic mass is 32.3. The molecule has 0 spiro atoms. The van der Waals surface area contributed by atoms with Gasteiger partial charge in [0.05, 0.1) is 19.8 Å². The molecule has 1 aliphatic rings. The summed E-state index contributed by atoms with van der Waals surface area (Å²) in [5.41, 5.74) is 0. The van der Waals surface area contributed by atoms with Gasteiger partial charge in [-0.2, -0.15) is 8.42 Å². The number of rotatable bonds is 49. The monoisotopic (exact) mass is 951 g/mol. The maximum absolute atomic E-state index is 12.9. The summed E-state index contributed by atoms with van der Waals surface area (Å²) >= 11 is 0. The van der Waals surface area contributed by atoms with Crippen molar-refractivity contribution in [1.82, 2.24) is 0 Å². The van der Waals surface area contributed by atoms with Crippen molar-refractivity contribution in [3.05, 3.63) is 0 Å². The molecule has 1 fully saturated rings. The number of aliphatic hydroxyl groups is 3. The van der Waals surface area contributed by atoms with E-state index in [2.05, 4.69) is 18.0 Å². The lowest BCUT2D eigenvalue weighted by molar-refractivity contribution is -0.301. The topological polar surface area (TPSA) is 178 Å². The number of hydrogen-bond acceptors (Lipinski definition) is 11. The van der Waals surface area contributed by atoms with E-state index in [4.69, 9.17) is 18.9 Å². The Balaban J connectivity index is 2.31. The van der Waals surface area contributed by atoms with Gasteiger partial charge in [-0.25, -0.2) is 4.18 Å². The summed E-state index contributed by atoms with van der Waals surface area (Å²) in [6.45, 7) is 4.07. The molecule has 1 heterocycles. The summed E-state index contributed by atoms with van der Waals surface area (Å²) in [6, 6.07) is 0. The van der Waals surface area contributed by atoms with Crippen LogP contribution in [0.1, 0.15) is 264 Å². The van der Waals surface area contributed by atoms with Gasteiger partial charge in [-0.15, -0.1) is 0 Å². The summed E-state index contributed by atoms with van der Waals surface area (Å²) in [7, 11) is -5.06. The van der Waals surface area contributed by atoms with Gasteiger partial charge in [-0.05, 0) is 12.8 Å². The molecule has 0 saturated carbocycles. The van der Waals surface area contributed by atoms with Crippen molar-refractivity contribution >= 4 is 16.4 Å². The van der Waals surface area contributed by atoms with Crippen LogP contribution in [-0.4, -0.2) is 97.5 Å². The zero-order valence-electron chi connectivity index (χ0n) is 41.8. The third-order valence-corrected chi connectivity index (χ3v) is 13.4. The largest absolute Gasteiger partial charge is 0.457 e. The summed E-state index contributed by atoms with van der Waals surface area (Å²) in [5.74, 6) is -0.390. The van der Waals surface area contributed by atoms with Gasteiger partial charge in [0.25, 0.3) is 0 Å². The lowest BCUT2D eigenvalue weighted by Crippen LogP contribution is -2.60. The van der Waals surface area contributed by atoms with Gasteiger partial charge in [0, 0.05) is 13.0 Å². The lowest BCUT2D eigenvalue weighted by atomic mass is 9.99. The first-order valence-electron chi connectivity index (χ1n) is 27.3. The van der Waals surface area contributed by atoms with Crippen LogP contribution in [0.4, 0.5) is 0 Å². The van der Waals surface area contributed by atoms with Gasteiger partial charge >= 0.3 is 16.4 Å². The summed E-state index contributed by atoms with van der Waals surface area (Å²) in [5, 5.41) is 30.8. The fourth-order valence-electron chi connectivity index (χ4n) is 8.85. The second kappa shape index (κ2) is 44.3. The number of carbonyl (C=O) groups excluding carboxylic acids is 1. The van der Waals surface area contributed by atoms with Crippen molar-refractivity contribution in [2.75, 3.05) is 26.4 Å². The summed E-state index contributed by atoms with van der Waals surface area (Å²) < 4.78 is 59.3. The quantitative estimate of drug-likeness (QED) is 0.0258. The lowest BCUT2D eigenvalue weighted by Gasteiger charge is -2.41. The molecule has 1 aliphatic heterocycles. The average Bonchev–Trinajstić information content (AvgIpc) is 3.28. The molecule has 6 atom stereocenters. The maximum atomic E-state index is 12.9. The van der Waals surface area contributed by atoms with E-state index in [1.54, 1.807) is 0 Å². The zero-order chi connectivity index (χ0) is 47.5. The first kappa shape index (κ1) is 62.1. The van der Waals surface area contributed by atoms with E-state index in [9.17, 15) is 33.1 Å². The molecule has 1 rings (SSSR count). The van der Waals surface area contributed by atoms with Crippen molar-refractivity contribution in [1.29, 1.82) is 0 Å². The van der Waals surface area contributed by atoms with Gasteiger partial charge in [0.2, 0.25) is 0 Å². The van der Waals surface area contributed by atoms with E-state index >= 15 is 0 Å². The molecule has 0 aromatic heterocycles. The molecule has 6 unspecified atom stereocenters. The second-order valence-electron chi connectivity index (χ2n) is 19.2. The molecule has 0 aromatic carbocycles. The normalized spacial score (nSPS) is 19.5. The predicted molar refractivity (Wildman–Crippen MR) is 262 cm³/mol. The molecular weight excluding hydrogens is 849 g/mol. The number of ether oxygens (including phenoxy) is 4. The van der Waals surface area contributed by atoms with Crippen LogP contribution in [0.2, 0.25) is 0 Å². The van der Waals surface area contributed by atoms with Crippen molar-refractivity contribution in [2.45, 2.75) is 301 Å². The van der Waals surface area contributed by atoms with Gasteiger partial charge in [0.15, 0.2) is 6.29 Å². The van der Waals surface area contributed by atoms with E-state index in [0.717, 1.165) is 38.5 Å². The summed E-state index contributed by atoms with van der Waals surface area (Å²) in [4.78, 5) is 12.9. The van der Waals surface area contributed by atoms with Gasteiger partial charge in [-0.3, -0.25) is 9.35 Å². The van der Waals surface area contributed by atoms with E-state index < -0.39 is 53.8 Å². The average molecular weight is 951 g/mol. The minimum Gasteiger partial charge on any atom is -0.457 e. The van der Waals surface area contributed by atoms with Crippen molar-refractivity contribution in [3.63, 3.8) is 0 Å². The molecule has 65 heavy (non-hydrogen) atoms. The molecule has 0 aromatic rings. The number of carbonyl (C=O) groups is 1. The Labute approximate surface area is 398 Å². The Hall–Kier alpha value is -0.900. The molecule has 0 radical (unpaired) electrons. The van der Waals surface area contributed by atoms with Gasteiger partial charge < -0.3 is 34.3 Å². The minimum atomic E-state index is -5.06. The van der Waals surface area contributed by atoms with Crippen molar-refractivity contribution < 1.29 is 56.2 Å². The number of aliphatic hydroxyl groups excluding tert-OH is 3. The van der Waals surface area contributed by atoms with E-state index in [1.165, 1.54) is 199 Å². The smallest absolute Gasteiger partial charge is 0.397 e. The predicted octanol–water partition coefficient (Wildman–Crippen LogP) is 12.8. The Morgan fingerprint density at radius 1 is 0.523 bits per heavy atom. The van der Waals surface area contributed by atoms with Crippen LogP contribution < -0.4 is 0 Å². The first-order chi connectivity index (χ1) is 31.6. The molecule has 0 amide bonds. The van der Waals surface area contributed by atoms with Crippen LogP contribution >= 0.6 is 0 Å². The van der Waals surface area contributed by atoms with Crippen LogP contribution in [0.3, 0.4) is 0 Å². The van der Waals surface area contributed by atoms with E-state index in [0.29, 0.717) is 13.0 Å². The minimum absolute atomic E-state index is 0.0454. The summed E-state index contributed by atoms with van der Waals surface area (Å²) in [6.07, 6.45) is 39.9. The number of hydrogen-bond donors (Lipinski definition) is 4. The highest BCUT2D eigenvalue weighted by molar-refractivity contribution is 7.80. The third kappa shape index (κ3) is 37.6. The molecular formula is C52H102O12S. The SMILES string of the molecule is CCCCCCCCCCCCCCCCCCCCCCC(=O)OC(COCCCCCCCCCCCCCCCCCCCC)COC1OC(CO)C(O)C(OS(=O)(=O)O)C1O. The zero-order valence-corrected chi connectivity index (χ0v) is 42.6. The maximum Gasteiger partial charge on any atom is 0.397 e. The third-order valence-electron chi connectivity index (χ3n) is 13.0. The second-order valence-corrected chi connectivity index (χ2v) is 20.2. The molecule has 0 aliphatic carbocycles. The van der Waals surface area contributed by atoms with Crippen molar-refractivity contribution in [2.24, 2.45) is 0 Å². The Morgan fingerprint density at radius 2 is 0.877 bits per heavy atom. The Morgan fingerprint density at radius 3 is 1.23 bits per heavy atom. The van der Waals surface area contributed by atoms with Crippen LogP contribution in [0.15, 0.2) is 0 Å². The molecule has 4 N–H and O–H groups in total. The van der Waals surface area contributed by atoms with Crippen molar-refractivity contribution in [3.8, 4) is 0 Å². The highest BCUT2D eigenvalue weighted by Crippen LogP contribution is 2.26. The van der Waals surface area contributed by atoms with E-state index in [1.807, 2.05) is 0 Å². The van der Waals surface area contributed by atoms with Crippen LogP contribution in [0, 0.1) is 0 Å². The fraction of sp³-hybridized carbons (Fsp3) is 0.981. The van der Waals surface area contributed by atoms with Crippen LogP contribution in [0.5, 0.6) is 0 Å². The molecule has 0 bridgehead atoms. The first-order valence-corrected chi connectivity index (χ1v) is 28.7. The fourth-order valence-corrected chi connectivity index (χ4v) is 9.36. The van der Waals surface area contributed by atoms with Crippen LogP contribution in [0.25, 0.3) is 0 Å². The highest BCUT2D eigenvalue weighted by Gasteiger charge is 2.48.